The number of rotatable bonds is 7. The first-order valence-corrected chi connectivity index (χ1v) is 10.7. The van der Waals surface area contributed by atoms with Gasteiger partial charge in [-0.25, -0.2) is 13.8 Å². The monoisotopic (exact) mass is 417 g/mol. The average molecular weight is 417 g/mol. The van der Waals surface area contributed by atoms with Gasteiger partial charge in [0.05, 0.1) is 30.9 Å². The molecule has 29 heavy (non-hydrogen) atoms. The molecule has 1 saturated heterocycles. The SMILES string of the molecule is CCOc1ccccc1/C=N\NC(=O)c1cccc(S(=O)(=O)N2CCOCC2)c1. The number of morpholine rings is 1. The maximum atomic E-state index is 12.8. The molecule has 1 amide bonds. The van der Waals surface area contributed by atoms with Gasteiger partial charge >= 0.3 is 0 Å². The summed E-state index contributed by atoms with van der Waals surface area (Å²) in [5, 5.41) is 3.96. The molecule has 0 atom stereocenters. The highest BCUT2D eigenvalue weighted by atomic mass is 32.2. The summed E-state index contributed by atoms with van der Waals surface area (Å²) in [6.07, 6.45) is 1.48. The van der Waals surface area contributed by atoms with Crippen LogP contribution >= 0.6 is 0 Å². The van der Waals surface area contributed by atoms with E-state index in [-0.39, 0.29) is 10.5 Å². The lowest BCUT2D eigenvalue weighted by atomic mass is 10.2. The predicted octanol–water partition coefficient (Wildman–Crippen LogP) is 1.87. The lowest BCUT2D eigenvalue weighted by Crippen LogP contribution is -2.40. The van der Waals surface area contributed by atoms with E-state index in [1.165, 1.54) is 34.8 Å². The van der Waals surface area contributed by atoms with Gasteiger partial charge < -0.3 is 9.47 Å². The molecule has 1 aliphatic heterocycles. The molecule has 9 heteroatoms. The molecule has 0 aliphatic carbocycles. The van der Waals surface area contributed by atoms with Crippen LogP contribution in [0.1, 0.15) is 22.8 Å². The Hall–Kier alpha value is -2.75. The van der Waals surface area contributed by atoms with Crippen LogP contribution in [0.4, 0.5) is 0 Å². The van der Waals surface area contributed by atoms with E-state index < -0.39 is 15.9 Å². The van der Waals surface area contributed by atoms with Gasteiger partial charge in [0, 0.05) is 24.2 Å². The van der Waals surface area contributed by atoms with Crippen molar-refractivity contribution in [3.8, 4) is 5.75 Å². The predicted molar refractivity (Wildman–Crippen MR) is 109 cm³/mol. The van der Waals surface area contributed by atoms with Crippen molar-refractivity contribution in [3.05, 3.63) is 59.7 Å². The van der Waals surface area contributed by atoms with Crippen LogP contribution in [-0.2, 0) is 14.8 Å². The number of nitrogens with zero attached hydrogens (tertiary/aromatic N) is 2. The van der Waals surface area contributed by atoms with Crippen molar-refractivity contribution in [1.29, 1.82) is 0 Å². The fourth-order valence-corrected chi connectivity index (χ4v) is 4.29. The highest BCUT2D eigenvalue weighted by Gasteiger charge is 2.26. The minimum atomic E-state index is -3.68. The molecule has 0 bridgehead atoms. The Morgan fingerprint density at radius 3 is 2.72 bits per heavy atom. The second-order valence-corrected chi connectivity index (χ2v) is 8.15. The Morgan fingerprint density at radius 1 is 1.21 bits per heavy atom. The molecule has 1 fully saturated rings. The summed E-state index contributed by atoms with van der Waals surface area (Å²) in [7, 11) is -3.68. The molecule has 0 spiro atoms. The molecule has 0 radical (unpaired) electrons. The van der Waals surface area contributed by atoms with Gasteiger partial charge in [-0.15, -0.1) is 0 Å². The maximum absolute atomic E-state index is 12.8. The Kier molecular flexibility index (Phi) is 6.97. The highest BCUT2D eigenvalue weighted by molar-refractivity contribution is 7.89. The van der Waals surface area contributed by atoms with Crippen LogP contribution < -0.4 is 10.2 Å². The summed E-state index contributed by atoms with van der Waals surface area (Å²) in [6.45, 7) is 3.70. The second-order valence-electron chi connectivity index (χ2n) is 6.21. The van der Waals surface area contributed by atoms with E-state index in [2.05, 4.69) is 10.5 Å². The molecule has 2 aromatic carbocycles. The summed E-state index contributed by atoms with van der Waals surface area (Å²) in [5.74, 6) is 0.153. The molecule has 1 N–H and O–H groups in total. The Labute approximate surface area is 170 Å². The largest absolute Gasteiger partial charge is 0.493 e. The first kappa shape index (κ1) is 21.0. The van der Waals surface area contributed by atoms with Crippen LogP contribution in [-0.4, -0.2) is 57.8 Å². The molecule has 8 nitrogen and oxygen atoms in total. The van der Waals surface area contributed by atoms with E-state index in [1.807, 2.05) is 31.2 Å². The van der Waals surface area contributed by atoms with Crippen molar-refractivity contribution in [2.75, 3.05) is 32.9 Å². The van der Waals surface area contributed by atoms with Gasteiger partial charge in [0.15, 0.2) is 0 Å². The van der Waals surface area contributed by atoms with Crippen LogP contribution in [0.15, 0.2) is 58.5 Å². The molecular weight excluding hydrogens is 394 g/mol. The number of sulfonamides is 1. The van der Waals surface area contributed by atoms with Gasteiger partial charge in [-0.2, -0.15) is 9.41 Å². The second kappa shape index (κ2) is 9.64. The maximum Gasteiger partial charge on any atom is 0.271 e. The third-order valence-electron chi connectivity index (χ3n) is 4.29. The summed E-state index contributed by atoms with van der Waals surface area (Å²) in [6, 6.07) is 13.2. The number of benzene rings is 2. The van der Waals surface area contributed by atoms with Gasteiger partial charge in [-0.3, -0.25) is 4.79 Å². The van der Waals surface area contributed by atoms with Gasteiger partial charge in [0.1, 0.15) is 5.75 Å². The van der Waals surface area contributed by atoms with Gasteiger partial charge in [0.2, 0.25) is 10.0 Å². The molecule has 154 valence electrons. The molecule has 2 aromatic rings. The molecule has 1 heterocycles. The molecule has 1 aliphatic rings. The first-order chi connectivity index (χ1) is 14.0. The number of amides is 1. The van der Waals surface area contributed by atoms with Crippen molar-refractivity contribution in [2.24, 2.45) is 5.10 Å². The zero-order valence-corrected chi connectivity index (χ0v) is 16.9. The molecule has 3 rings (SSSR count). The molecular formula is C20H23N3O5S. The topological polar surface area (TPSA) is 97.3 Å². The minimum absolute atomic E-state index is 0.0673. The van der Waals surface area contributed by atoms with Gasteiger partial charge in [-0.1, -0.05) is 18.2 Å². The van der Waals surface area contributed by atoms with Crippen LogP contribution in [0.25, 0.3) is 0 Å². The van der Waals surface area contributed by atoms with Gasteiger partial charge in [-0.05, 0) is 37.3 Å². The smallest absolute Gasteiger partial charge is 0.271 e. The van der Waals surface area contributed by atoms with Crippen LogP contribution in [0.5, 0.6) is 5.75 Å². The van der Waals surface area contributed by atoms with E-state index >= 15 is 0 Å². The normalized spacial score (nSPS) is 15.3. The zero-order chi connectivity index (χ0) is 20.7. The van der Waals surface area contributed by atoms with Gasteiger partial charge in [0.25, 0.3) is 5.91 Å². The third-order valence-corrected chi connectivity index (χ3v) is 6.19. The number of nitrogens with one attached hydrogen (secondary N) is 1. The standard InChI is InChI=1S/C20H23N3O5S/c1-2-28-19-9-4-3-6-17(19)15-21-22-20(24)16-7-5-8-18(14-16)29(25,26)23-10-12-27-13-11-23/h3-9,14-15H,2,10-13H2,1H3,(H,22,24)/b21-15-. The number of hydrogen-bond acceptors (Lipinski definition) is 6. The number of ether oxygens (including phenoxy) is 2. The number of para-hydroxylation sites is 1. The Bertz CT molecular complexity index is 985. The molecule has 0 saturated carbocycles. The summed E-state index contributed by atoms with van der Waals surface area (Å²) >= 11 is 0. The summed E-state index contributed by atoms with van der Waals surface area (Å²) in [5.41, 5.74) is 3.35. The summed E-state index contributed by atoms with van der Waals surface area (Å²) in [4.78, 5) is 12.5. The Morgan fingerprint density at radius 2 is 1.97 bits per heavy atom. The van der Waals surface area contributed by atoms with E-state index in [1.54, 1.807) is 0 Å². The first-order valence-electron chi connectivity index (χ1n) is 9.25. The lowest BCUT2D eigenvalue weighted by molar-refractivity contribution is 0.0730. The number of carbonyl (C=O) groups excluding carboxylic acids is 1. The van der Waals surface area contributed by atoms with E-state index in [0.717, 1.165) is 5.56 Å². The quantitative estimate of drug-likeness (QED) is 0.548. The summed E-state index contributed by atoms with van der Waals surface area (Å²) < 4.78 is 37.6. The van der Waals surface area contributed by atoms with Crippen LogP contribution in [0.3, 0.4) is 0 Å². The average Bonchev–Trinajstić information content (AvgIpc) is 2.76. The van der Waals surface area contributed by atoms with Crippen LogP contribution in [0, 0.1) is 0 Å². The minimum Gasteiger partial charge on any atom is -0.493 e. The highest BCUT2D eigenvalue weighted by Crippen LogP contribution is 2.19. The third kappa shape index (κ3) is 5.20. The fraction of sp³-hybridized carbons (Fsp3) is 0.300. The lowest BCUT2D eigenvalue weighted by Gasteiger charge is -2.26. The zero-order valence-electron chi connectivity index (χ0n) is 16.1. The van der Waals surface area contributed by atoms with Crippen molar-refractivity contribution < 1.29 is 22.7 Å². The number of hydrazone groups is 1. The number of hydrogen-bond donors (Lipinski definition) is 1. The fourth-order valence-electron chi connectivity index (χ4n) is 2.83. The number of carbonyl (C=O) groups is 1. The molecule has 0 aromatic heterocycles. The molecule has 0 unspecified atom stereocenters. The van der Waals surface area contributed by atoms with E-state index in [0.29, 0.717) is 38.7 Å². The van der Waals surface area contributed by atoms with Crippen molar-refractivity contribution in [2.45, 2.75) is 11.8 Å². The Balaban J connectivity index is 1.71. The van der Waals surface area contributed by atoms with Crippen molar-refractivity contribution >= 4 is 22.1 Å². The van der Waals surface area contributed by atoms with Crippen LogP contribution in [0.2, 0.25) is 0 Å². The van der Waals surface area contributed by atoms with E-state index in [4.69, 9.17) is 9.47 Å². The van der Waals surface area contributed by atoms with Crippen molar-refractivity contribution in [3.63, 3.8) is 0 Å². The van der Waals surface area contributed by atoms with Crippen molar-refractivity contribution in [1.82, 2.24) is 9.73 Å². The van der Waals surface area contributed by atoms with E-state index in [9.17, 15) is 13.2 Å².